The smallest absolute Gasteiger partial charge is 0.0967 e. The van der Waals surface area contributed by atoms with E-state index in [1.807, 2.05) is 24.8 Å². The van der Waals surface area contributed by atoms with E-state index in [0.29, 0.717) is 0 Å². The van der Waals surface area contributed by atoms with Crippen LogP contribution in [0.1, 0.15) is 86.7 Å². The molecule has 5 aromatic rings. The fraction of sp³-hybridized carbons (Fsp3) is 0.458. The van der Waals surface area contributed by atoms with Crippen molar-refractivity contribution in [3.8, 4) is 22.3 Å². The highest BCUT2D eigenvalue weighted by atomic mass is 31.1. The summed E-state index contributed by atoms with van der Waals surface area (Å²) in [5, 5.41) is -0.717. The predicted octanol–water partition coefficient (Wildman–Crippen LogP) is 11.4. The first-order valence-corrected chi connectivity index (χ1v) is 23.2. The van der Waals surface area contributed by atoms with Crippen molar-refractivity contribution in [1.29, 1.82) is 0 Å². The average Bonchev–Trinajstić information content (AvgIpc) is 3.21. The summed E-state index contributed by atoms with van der Waals surface area (Å²) in [4.78, 5) is 19.4. The van der Waals surface area contributed by atoms with Crippen molar-refractivity contribution in [2.24, 2.45) is 47.3 Å². The van der Waals surface area contributed by atoms with Gasteiger partial charge in [0.15, 0.2) is 0 Å². The van der Waals surface area contributed by atoms with Gasteiger partial charge in [-0.25, -0.2) is 0 Å². The number of rotatable bonds is 9. The molecule has 0 radical (unpaired) electrons. The molecule has 8 aliphatic carbocycles. The Balaban J connectivity index is 1.15. The van der Waals surface area contributed by atoms with Crippen LogP contribution < -0.4 is 0 Å². The monoisotopic (exact) mass is 746 g/mol. The van der Waals surface area contributed by atoms with Crippen LogP contribution in [0.15, 0.2) is 110 Å². The Labute approximate surface area is 324 Å². The lowest BCUT2D eigenvalue weighted by Crippen LogP contribution is -2.52. The zero-order valence-corrected chi connectivity index (χ0v) is 33.3. The molecule has 1 unspecified atom stereocenters. The maximum atomic E-state index is 5.06. The molecule has 54 heavy (non-hydrogen) atoms. The van der Waals surface area contributed by atoms with E-state index in [1.54, 1.807) is 12.4 Å². The van der Waals surface area contributed by atoms with Crippen molar-refractivity contribution in [2.75, 3.05) is 0 Å². The van der Waals surface area contributed by atoms with Gasteiger partial charge in [-0.3, -0.25) is 19.9 Å². The van der Waals surface area contributed by atoms with Gasteiger partial charge in [-0.05, 0) is 175 Å². The highest BCUT2D eigenvalue weighted by Crippen LogP contribution is 2.72. The van der Waals surface area contributed by atoms with Crippen molar-refractivity contribution in [1.82, 2.24) is 19.9 Å². The fourth-order valence-corrected chi connectivity index (χ4v) is 18.9. The molecule has 8 bridgehead atoms. The molecule has 0 aliphatic heterocycles. The molecule has 8 saturated carbocycles. The Bertz CT molecular complexity index is 1970. The van der Waals surface area contributed by atoms with E-state index in [1.165, 1.54) is 104 Å². The highest BCUT2D eigenvalue weighted by molar-refractivity contribution is 7.58. The van der Waals surface area contributed by atoms with Gasteiger partial charge in [-0.15, -0.1) is 9.24 Å². The normalized spacial score (nSPS) is 32.5. The lowest BCUT2D eigenvalue weighted by Gasteiger charge is -2.62. The molecule has 3 aromatic carbocycles. The topological polar surface area (TPSA) is 51.6 Å². The van der Waals surface area contributed by atoms with Crippen LogP contribution in [0.25, 0.3) is 22.3 Å². The molecule has 4 nitrogen and oxygen atoms in total. The van der Waals surface area contributed by atoms with Crippen LogP contribution in [-0.4, -0.2) is 31.3 Å². The maximum absolute atomic E-state index is 5.06. The largest absolute Gasteiger partial charge is 0.261 e. The Morgan fingerprint density at radius 2 is 0.963 bits per heavy atom. The zero-order chi connectivity index (χ0) is 35.8. The van der Waals surface area contributed by atoms with Crippen LogP contribution in [-0.2, 0) is 11.3 Å². The highest BCUT2D eigenvalue weighted by Gasteiger charge is 2.57. The number of hydrogen-bond donors (Lipinski definition) is 0. The lowest BCUT2D eigenvalue weighted by atomic mass is 9.55. The summed E-state index contributed by atoms with van der Waals surface area (Å²) in [5.41, 5.74) is 11.5. The van der Waals surface area contributed by atoms with Crippen LogP contribution in [0, 0.1) is 47.3 Å². The summed E-state index contributed by atoms with van der Waals surface area (Å²) in [7, 11) is 3.02. The molecule has 8 aliphatic rings. The van der Waals surface area contributed by atoms with Crippen LogP contribution in [0.3, 0.4) is 0 Å². The van der Waals surface area contributed by atoms with Crippen LogP contribution in [0.4, 0.5) is 0 Å². The Morgan fingerprint density at radius 3 is 1.37 bits per heavy atom. The molecule has 0 amide bonds. The predicted molar refractivity (Wildman–Crippen MR) is 223 cm³/mol. The third-order valence-electron chi connectivity index (χ3n) is 15.2. The fourth-order valence-electron chi connectivity index (χ4n) is 13.8. The quantitative estimate of drug-likeness (QED) is 0.141. The molecule has 274 valence electrons. The molecule has 2 heterocycles. The lowest BCUT2D eigenvalue weighted by molar-refractivity contribution is 0.0129. The summed E-state index contributed by atoms with van der Waals surface area (Å²) in [6.45, 7) is 0. The molecule has 13 rings (SSSR count). The minimum atomic E-state index is -0.717. The molecule has 0 N–H and O–H groups in total. The summed E-state index contributed by atoms with van der Waals surface area (Å²) in [6.07, 6.45) is 27.5. The molecule has 1 atom stereocenters. The second-order valence-electron chi connectivity index (χ2n) is 18.3. The van der Waals surface area contributed by atoms with E-state index >= 15 is 0 Å². The van der Waals surface area contributed by atoms with Gasteiger partial charge < -0.3 is 0 Å². The van der Waals surface area contributed by atoms with Crippen LogP contribution >= 0.6 is 17.2 Å². The first-order chi connectivity index (χ1) is 26.6. The van der Waals surface area contributed by atoms with Crippen molar-refractivity contribution >= 4 is 17.2 Å². The van der Waals surface area contributed by atoms with Crippen LogP contribution in [0.2, 0.25) is 0 Å². The van der Waals surface area contributed by atoms with E-state index in [0.717, 1.165) is 70.0 Å². The standard InChI is InChI=1S/C48H52N4P2/c53-48(44-27-49-11-13-51-44,45-28-50-12-14-52-45)43-26-42(35-9-5-2-6-10-35)41(34-7-3-1-4-8-34)25-40(43)29-54(46-36-17-30-15-31(19-36)20-37(46)18-30)47-38-21-32-16-33(23-38)24-39(47)22-32/h1-14,25-28,30-33,36-39,46-47H,15-24,29,53H2. The first kappa shape index (κ1) is 34.0. The number of aromatic nitrogens is 4. The molecule has 6 heteroatoms. The van der Waals surface area contributed by atoms with Crippen molar-refractivity contribution in [3.63, 3.8) is 0 Å². The first-order valence-electron chi connectivity index (χ1n) is 20.9. The Kier molecular flexibility index (Phi) is 8.62. The van der Waals surface area contributed by atoms with Gasteiger partial charge in [0.25, 0.3) is 0 Å². The van der Waals surface area contributed by atoms with Crippen LogP contribution in [0.5, 0.6) is 0 Å². The summed E-state index contributed by atoms with van der Waals surface area (Å²) >= 11 is 0. The average molecular weight is 747 g/mol. The minimum Gasteiger partial charge on any atom is -0.261 e. The van der Waals surface area contributed by atoms with Gasteiger partial charge in [0.05, 0.1) is 28.9 Å². The summed E-state index contributed by atoms with van der Waals surface area (Å²) in [5.74, 6) is 7.73. The van der Waals surface area contributed by atoms with Crippen molar-refractivity contribution in [2.45, 2.75) is 86.8 Å². The van der Waals surface area contributed by atoms with Crippen molar-refractivity contribution < 1.29 is 0 Å². The van der Waals surface area contributed by atoms with E-state index in [-0.39, 0.29) is 7.92 Å². The number of benzene rings is 3. The van der Waals surface area contributed by atoms with Gasteiger partial charge in [-0.1, -0.05) is 68.6 Å². The Hall–Kier alpha value is -3.32. The van der Waals surface area contributed by atoms with Gasteiger partial charge in [0.1, 0.15) is 0 Å². The molecular weight excluding hydrogens is 695 g/mol. The third-order valence-corrected chi connectivity index (χ3v) is 20.1. The summed E-state index contributed by atoms with van der Waals surface area (Å²) < 4.78 is 0. The van der Waals surface area contributed by atoms with E-state index in [4.69, 9.17) is 9.97 Å². The molecule has 8 fully saturated rings. The second kappa shape index (κ2) is 13.7. The number of hydrogen-bond acceptors (Lipinski definition) is 4. The third kappa shape index (κ3) is 5.75. The zero-order valence-electron chi connectivity index (χ0n) is 31.3. The van der Waals surface area contributed by atoms with Gasteiger partial charge in [0.2, 0.25) is 0 Å². The Morgan fingerprint density at radius 1 is 0.537 bits per heavy atom. The van der Waals surface area contributed by atoms with E-state index in [2.05, 4.69) is 92.0 Å². The van der Waals surface area contributed by atoms with Gasteiger partial charge in [-0.2, -0.15) is 0 Å². The van der Waals surface area contributed by atoms with Crippen molar-refractivity contribution in [3.05, 3.63) is 132 Å². The molecular formula is C48H52N4P2. The molecule has 2 aromatic heterocycles. The SMILES string of the molecule is PC(c1cnccn1)(c1cnccn1)c1cc(-c2ccccc2)c(-c2ccccc2)cc1CP(C1C2CC3CC(C2)CC1C3)C1C2CC3CC(C2)CC1C3. The molecule has 0 spiro atoms. The molecule has 0 saturated heterocycles. The maximum Gasteiger partial charge on any atom is 0.0967 e. The summed E-state index contributed by atoms with van der Waals surface area (Å²) in [6, 6.07) is 27.4. The van der Waals surface area contributed by atoms with Gasteiger partial charge >= 0.3 is 0 Å². The van der Waals surface area contributed by atoms with E-state index in [9.17, 15) is 0 Å². The minimum absolute atomic E-state index is 0.264. The van der Waals surface area contributed by atoms with Gasteiger partial charge in [0, 0.05) is 24.8 Å². The second-order valence-corrected chi connectivity index (χ2v) is 21.7. The van der Waals surface area contributed by atoms with E-state index < -0.39 is 5.16 Å². The number of nitrogens with zero attached hydrogens (tertiary/aromatic N) is 4.